The molecular formula is C21H20ClNO3. The topological polar surface area (TPSA) is 55.4 Å². The van der Waals surface area contributed by atoms with Gasteiger partial charge in [-0.05, 0) is 54.2 Å². The van der Waals surface area contributed by atoms with Crippen LogP contribution in [0.4, 0.5) is 0 Å². The molecule has 0 aromatic heterocycles. The number of rotatable bonds is 5. The highest BCUT2D eigenvalue weighted by atomic mass is 35.5. The SMILES string of the molecule is O=C(COC(=O)/C=C/c1cccc(Cl)c1)N[C@@H]1CCCc2ccccc21. The lowest BCUT2D eigenvalue weighted by atomic mass is 9.88. The van der Waals surface area contributed by atoms with E-state index in [2.05, 4.69) is 11.4 Å². The van der Waals surface area contributed by atoms with Gasteiger partial charge in [-0.3, -0.25) is 4.79 Å². The number of esters is 1. The van der Waals surface area contributed by atoms with Crippen LogP contribution in [0.2, 0.25) is 5.02 Å². The second kappa shape index (κ2) is 8.68. The molecule has 0 fully saturated rings. The van der Waals surface area contributed by atoms with E-state index in [1.807, 2.05) is 24.3 Å². The number of benzene rings is 2. The largest absolute Gasteiger partial charge is 0.452 e. The number of hydrogen-bond donors (Lipinski definition) is 1. The zero-order valence-electron chi connectivity index (χ0n) is 14.3. The Morgan fingerprint density at radius 1 is 1.19 bits per heavy atom. The van der Waals surface area contributed by atoms with E-state index in [-0.39, 0.29) is 18.6 Å². The summed E-state index contributed by atoms with van der Waals surface area (Å²) >= 11 is 5.89. The first kappa shape index (κ1) is 18.2. The first-order valence-electron chi connectivity index (χ1n) is 8.59. The summed E-state index contributed by atoms with van der Waals surface area (Å²) in [6, 6.07) is 15.2. The molecule has 0 radical (unpaired) electrons. The predicted octanol–water partition coefficient (Wildman–Crippen LogP) is 4.09. The molecule has 1 N–H and O–H groups in total. The molecule has 134 valence electrons. The lowest BCUT2D eigenvalue weighted by Gasteiger charge is -2.26. The van der Waals surface area contributed by atoms with Crippen molar-refractivity contribution >= 4 is 29.6 Å². The maximum Gasteiger partial charge on any atom is 0.331 e. The molecule has 26 heavy (non-hydrogen) atoms. The maximum atomic E-state index is 12.1. The molecule has 0 saturated carbocycles. The number of ether oxygens (including phenoxy) is 1. The predicted molar refractivity (Wildman–Crippen MR) is 102 cm³/mol. The van der Waals surface area contributed by atoms with Gasteiger partial charge in [-0.25, -0.2) is 4.79 Å². The highest BCUT2D eigenvalue weighted by Gasteiger charge is 2.21. The molecule has 1 amide bonds. The third-order valence-electron chi connectivity index (χ3n) is 4.31. The molecule has 1 aliphatic rings. The molecule has 1 atom stereocenters. The Morgan fingerprint density at radius 3 is 2.88 bits per heavy atom. The number of amides is 1. The summed E-state index contributed by atoms with van der Waals surface area (Å²) in [6.45, 7) is -0.294. The quantitative estimate of drug-likeness (QED) is 0.638. The van der Waals surface area contributed by atoms with Crippen molar-refractivity contribution in [3.05, 3.63) is 76.3 Å². The van der Waals surface area contributed by atoms with Gasteiger partial charge in [0, 0.05) is 11.1 Å². The molecule has 0 unspecified atom stereocenters. The van der Waals surface area contributed by atoms with Crippen LogP contribution in [0.15, 0.2) is 54.6 Å². The Morgan fingerprint density at radius 2 is 2.04 bits per heavy atom. The number of carbonyl (C=O) groups is 2. The van der Waals surface area contributed by atoms with Gasteiger partial charge in [0.1, 0.15) is 0 Å². The van der Waals surface area contributed by atoms with Crippen molar-refractivity contribution in [2.75, 3.05) is 6.61 Å². The third-order valence-corrected chi connectivity index (χ3v) is 4.55. The van der Waals surface area contributed by atoms with Crippen LogP contribution in [0.1, 0.15) is 35.6 Å². The van der Waals surface area contributed by atoms with Crippen molar-refractivity contribution in [1.82, 2.24) is 5.32 Å². The Labute approximate surface area is 157 Å². The Bertz CT molecular complexity index is 832. The number of hydrogen-bond acceptors (Lipinski definition) is 3. The van der Waals surface area contributed by atoms with Gasteiger partial charge >= 0.3 is 5.97 Å². The van der Waals surface area contributed by atoms with E-state index < -0.39 is 5.97 Å². The Hall–Kier alpha value is -2.59. The van der Waals surface area contributed by atoms with Crippen LogP contribution < -0.4 is 5.32 Å². The van der Waals surface area contributed by atoms with Crippen LogP contribution >= 0.6 is 11.6 Å². The number of nitrogens with one attached hydrogen (secondary N) is 1. The van der Waals surface area contributed by atoms with Crippen molar-refractivity contribution in [3.63, 3.8) is 0 Å². The summed E-state index contributed by atoms with van der Waals surface area (Å²) in [5.41, 5.74) is 3.21. The molecule has 1 aliphatic carbocycles. The zero-order chi connectivity index (χ0) is 18.4. The highest BCUT2D eigenvalue weighted by molar-refractivity contribution is 6.30. The molecule has 3 rings (SSSR count). The molecule has 2 aromatic carbocycles. The van der Waals surface area contributed by atoms with E-state index in [0.717, 1.165) is 30.4 Å². The third kappa shape index (κ3) is 4.96. The lowest BCUT2D eigenvalue weighted by Crippen LogP contribution is -2.34. The lowest BCUT2D eigenvalue weighted by molar-refractivity contribution is -0.144. The first-order chi connectivity index (χ1) is 12.6. The molecule has 2 aromatic rings. The summed E-state index contributed by atoms with van der Waals surface area (Å²) in [7, 11) is 0. The second-order valence-corrected chi connectivity index (χ2v) is 6.64. The smallest absolute Gasteiger partial charge is 0.331 e. The molecular weight excluding hydrogens is 350 g/mol. The van der Waals surface area contributed by atoms with Crippen LogP contribution in [-0.4, -0.2) is 18.5 Å². The van der Waals surface area contributed by atoms with Gasteiger partial charge in [0.25, 0.3) is 5.91 Å². The number of aryl methyl sites for hydroxylation is 1. The molecule has 0 heterocycles. The summed E-state index contributed by atoms with van der Waals surface area (Å²) in [6.07, 6.45) is 5.85. The summed E-state index contributed by atoms with van der Waals surface area (Å²) in [5, 5.41) is 3.54. The van der Waals surface area contributed by atoms with E-state index in [4.69, 9.17) is 16.3 Å². The van der Waals surface area contributed by atoms with E-state index in [1.165, 1.54) is 11.6 Å². The standard InChI is InChI=1S/C21H20ClNO3/c22-17-8-3-5-15(13-17)11-12-21(25)26-14-20(24)23-19-10-4-7-16-6-1-2-9-18(16)19/h1-3,5-6,8-9,11-13,19H,4,7,10,14H2,(H,23,24)/b12-11+/t19-/m1/s1. The minimum absolute atomic E-state index is 0.0202. The number of halogens is 1. The fourth-order valence-corrected chi connectivity index (χ4v) is 3.30. The second-order valence-electron chi connectivity index (χ2n) is 6.21. The fraction of sp³-hybridized carbons (Fsp3) is 0.238. The first-order valence-corrected chi connectivity index (χ1v) is 8.97. The van der Waals surface area contributed by atoms with Gasteiger partial charge < -0.3 is 10.1 Å². The van der Waals surface area contributed by atoms with Crippen LogP contribution in [0, 0.1) is 0 Å². The highest BCUT2D eigenvalue weighted by Crippen LogP contribution is 2.29. The van der Waals surface area contributed by atoms with Gasteiger partial charge in [-0.1, -0.05) is 48.0 Å². The minimum Gasteiger partial charge on any atom is -0.452 e. The van der Waals surface area contributed by atoms with Gasteiger partial charge in [-0.15, -0.1) is 0 Å². The van der Waals surface area contributed by atoms with E-state index in [0.29, 0.717) is 5.02 Å². The zero-order valence-corrected chi connectivity index (χ0v) is 15.0. The molecule has 4 nitrogen and oxygen atoms in total. The van der Waals surface area contributed by atoms with Gasteiger partial charge in [0.2, 0.25) is 0 Å². The minimum atomic E-state index is -0.566. The average Bonchev–Trinajstić information content (AvgIpc) is 2.65. The summed E-state index contributed by atoms with van der Waals surface area (Å²) < 4.78 is 5.01. The van der Waals surface area contributed by atoms with Crippen LogP contribution in [0.25, 0.3) is 6.08 Å². The average molecular weight is 370 g/mol. The van der Waals surface area contributed by atoms with E-state index >= 15 is 0 Å². The van der Waals surface area contributed by atoms with E-state index in [9.17, 15) is 9.59 Å². The molecule has 0 spiro atoms. The number of carbonyl (C=O) groups excluding carboxylic acids is 2. The Balaban J connectivity index is 1.49. The van der Waals surface area contributed by atoms with Gasteiger partial charge in [-0.2, -0.15) is 0 Å². The monoisotopic (exact) mass is 369 g/mol. The van der Waals surface area contributed by atoms with Crippen LogP contribution in [-0.2, 0) is 20.7 Å². The maximum absolute atomic E-state index is 12.1. The van der Waals surface area contributed by atoms with Crippen LogP contribution in [0.5, 0.6) is 0 Å². The number of fused-ring (bicyclic) bond motifs is 1. The van der Waals surface area contributed by atoms with Crippen molar-refractivity contribution in [2.24, 2.45) is 0 Å². The Kier molecular flexibility index (Phi) is 6.08. The van der Waals surface area contributed by atoms with Gasteiger partial charge in [0.05, 0.1) is 6.04 Å². The van der Waals surface area contributed by atoms with Crippen molar-refractivity contribution < 1.29 is 14.3 Å². The molecule has 0 bridgehead atoms. The van der Waals surface area contributed by atoms with Crippen molar-refractivity contribution in [3.8, 4) is 0 Å². The van der Waals surface area contributed by atoms with Crippen LogP contribution in [0.3, 0.4) is 0 Å². The molecule has 0 aliphatic heterocycles. The normalized spacial score (nSPS) is 16.1. The fourth-order valence-electron chi connectivity index (χ4n) is 3.10. The summed E-state index contributed by atoms with van der Waals surface area (Å²) in [4.78, 5) is 23.9. The van der Waals surface area contributed by atoms with Gasteiger partial charge in [0.15, 0.2) is 6.61 Å². The molecule has 5 heteroatoms. The van der Waals surface area contributed by atoms with Crippen molar-refractivity contribution in [1.29, 1.82) is 0 Å². The molecule has 0 saturated heterocycles. The summed E-state index contributed by atoms with van der Waals surface area (Å²) in [5.74, 6) is -0.861. The van der Waals surface area contributed by atoms with E-state index in [1.54, 1.807) is 24.3 Å². The van der Waals surface area contributed by atoms with Crippen molar-refractivity contribution in [2.45, 2.75) is 25.3 Å².